The van der Waals surface area contributed by atoms with Crippen LogP contribution in [-0.2, 0) is 4.79 Å². The summed E-state index contributed by atoms with van der Waals surface area (Å²) in [5.41, 5.74) is 5.28. The van der Waals surface area contributed by atoms with Crippen LogP contribution in [0.1, 0.15) is 40.5 Å². The van der Waals surface area contributed by atoms with Gasteiger partial charge in [0.2, 0.25) is 5.91 Å². The molecule has 2 atom stereocenters. The van der Waals surface area contributed by atoms with E-state index in [9.17, 15) is 4.79 Å². The third-order valence-electron chi connectivity index (χ3n) is 2.16. The van der Waals surface area contributed by atoms with Crippen LogP contribution in [0.15, 0.2) is 0 Å². The molecule has 1 amide bonds. The molecule has 0 radical (unpaired) electrons. The number of nitrogens with two attached hydrogens (primary N) is 1. The third kappa shape index (κ3) is 4.88. The summed E-state index contributed by atoms with van der Waals surface area (Å²) in [6, 6.07) is 0.173. The van der Waals surface area contributed by atoms with Crippen molar-refractivity contribution in [2.45, 2.75) is 52.6 Å². The molecule has 0 rings (SSSR count). The summed E-state index contributed by atoms with van der Waals surface area (Å²) in [4.78, 5) is 11.0. The van der Waals surface area contributed by atoms with Crippen LogP contribution < -0.4 is 11.1 Å². The van der Waals surface area contributed by atoms with E-state index in [0.717, 1.165) is 12.8 Å². The van der Waals surface area contributed by atoms with Gasteiger partial charge in [0.15, 0.2) is 0 Å². The highest BCUT2D eigenvalue weighted by molar-refractivity contribution is 5.80. The molecule has 78 valence electrons. The first-order valence-corrected chi connectivity index (χ1v) is 5.04. The molecule has 0 aliphatic heterocycles. The van der Waals surface area contributed by atoms with E-state index in [1.54, 1.807) is 0 Å². The van der Waals surface area contributed by atoms with Gasteiger partial charge in [-0.05, 0) is 19.3 Å². The Morgan fingerprint density at radius 1 is 1.38 bits per heavy atom. The molecule has 0 aromatic rings. The Hall–Kier alpha value is -0.570. The summed E-state index contributed by atoms with van der Waals surface area (Å²) < 4.78 is 0. The van der Waals surface area contributed by atoms with Gasteiger partial charge in [0.25, 0.3) is 0 Å². The number of hydrogen-bond acceptors (Lipinski definition) is 2. The molecule has 13 heavy (non-hydrogen) atoms. The van der Waals surface area contributed by atoms with Crippen LogP contribution in [0.2, 0.25) is 0 Å². The first-order valence-electron chi connectivity index (χ1n) is 5.04. The SMILES string of the molecule is CCCC(C)NC(C(N)=O)C(C)C. The average Bonchev–Trinajstić information content (AvgIpc) is 1.99. The lowest BCUT2D eigenvalue weighted by Gasteiger charge is -2.23. The minimum absolute atomic E-state index is 0.193. The zero-order valence-corrected chi connectivity index (χ0v) is 9.13. The molecule has 0 fully saturated rings. The highest BCUT2D eigenvalue weighted by atomic mass is 16.1. The van der Waals surface area contributed by atoms with Gasteiger partial charge >= 0.3 is 0 Å². The first-order chi connectivity index (χ1) is 5.99. The number of primary amides is 1. The summed E-state index contributed by atoms with van der Waals surface area (Å²) in [6.07, 6.45) is 2.20. The molecule has 2 unspecified atom stereocenters. The summed E-state index contributed by atoms with van der Waals surface area (Å²) in [5.74, 6) is 0.00904. The molecule has 3 nitrogen and oxygen atoms in total. The number of hydrogen-bond donors (Lipinski definition) is 2. The molecule has 0 aromatic heterocycles. The molecular formula is C10H22N2O. The van der Waals surface area contributed by atoms with Crippen LogP contribution in [0.5, 0.6) is 0 Å². The second-order valence-corrected chi connectivity index (χ2v) is 3.98. The maximum absolute atomic E-state index is 11.0. The average molecular weight is 186 g/mol. The van der Waals surface area contributed by atoms with E-state index < -0.39 is 0 Å². The van der Waals surface area contributed by atoms with E-state index in [1.165, 1.54) is 0 Å². The van der Waals surface area contributed by atoms with Crippen molar-refractivity contribution in [2.75, 3.05) is 0 Å². The zero-order valence-electron chi connectivity index (χ0n) is 9.13. The molecule has 0 aromatic carbocycles. The first kappa shape index (κ1) is 12.4. The predicted octanol–water partition coefficient (Wildman–Crippen LogP) is 1.27. The quantitative estimate of drug-likeness (QED) is 0.656. The van der Waals surface area contributed by atoms with Crippen molar-refractivity contribution in [3.8, 4) is 0 Å². The Labute approximate surface area is 81.1 Å². The lowest BCUT2D eigenvalue weighted by molar-refractivity contribution is -0.121. The molecule has 0 spiro atoms. The van der Waals surface area contributed by atoms with Crippen LogP contribution in [0, 0.1) is 5.92 Å². The van der Waals surface area contributed by atoms with Crippen molar-refractivity contribution in [2.24, 2.45) is 11.7 Å². The van der Waals surface area contributed by atoms with Gasteiger partial charge in [0, 0.05) is 6.04 Å². The van der Waals surface area contributed by atoms with Crippen LogP contribution in [0.25, 0.3) is 0 Å². The smallest absolute Gasteiger partial charge is 0.234 e. The Kier molecular flexibility index (Phi) is 5.71. The van der Waals surface area contributed by atoms with E-state index in [4.69, 9.17) is 5.73 Å². The van der Waals surface area contributed by atoms with Gasteiger partial charge in [-0.1, -0.05) is 27.2 Å². The minimum Gasteiger partial charge on any atom is -0.368 e. The largest absolute Gasteiger partial charge is 0.368 e. The summed E-state index contributed by atoms with van der Waals surface area (Å²) >= 11 is 0. The molecule has 3 heteroatoms. The lowest BCUT2D eigenvalue weighted by atomic mass is 10.0. The van der Waals surface area contributed by atoms with Crippen molar-refractivity contribution in [1.82, 2.24) is 5.32 Å². The molecule has 0 heterocycles. The standard InChI is InChI=1S/C10H22N2O/c1-5-6-8(4)12-9(7(2)3)10(11)13/h7-9,12H,5-6H2,1-4H3,(H2,11,13). The Morgan fingerprint density at radius 2 is 1.92 bits per heavy atom. The zero-order chi connectivity index (χ0) is 10.4. The van der Waals surface area contributed by atoms with Gasteiger partial charge in [0.1, 0.15) is 0 Å². The molecule has 0 saturated carbocycles. The second-order valence-electron chi connectivity index (χ2n) is 3.98. The second kappa shape index (κ2) is 5.97. The van der Waals surface area contributed by atoms with Crippen LogP contribution >= 0.6 is 0 Å². The minimum atomic E-state index is -0.252. The van der Waals surface area contributed by atoms with Crippen LogP contribution in [0.4, 0.5) is 0 Å². The molecule has 0 aliphatic rings. The van der Waals surface area contributed by atoms with Crippen molar-refractivity contribution in [3.05, 3.63) is 0 Å². The van der Waals surface area contributed by atoms with Crippen LogP contribution in [0.3, 0.4) is 0 Å². The van der Waals surface area contributed by atoms with Gasteiger partial charge < -0.3 is 11.1 Å². The highest BCUT2D eigenvalue weighted by Crippen LogP contribution is 2.04. The normalized spacial score (nSPS) is 15.8. The van der Waals surface area contributed by atoms with Gasteiger partial charge in [-0.15, -0.1) is 0 Å². The van der Waals surface area contributed by atoms with E-state index in [-0.39, 0.29) is 17.9 Å². The lowest BCUT2D eigenvalue weighted by Crippen LogP contribution is -2.48. The number of nitrogens with one attached hydrogen (secondary N) is 1. The number of amides is 1. The Balaban J connectivity index is 4.02. The third-order valence-corrected chi connectivity index (χ3v) is 2.16. The van der Waals surface area contributed by atoms with Crippen molar-refractivity contribution in [1.29, 1.82) is 0 Å². The molecule has 0 bridgehead atoms. The molecule has 0 saturated heterocycles. The number of carbonyl (C=O) groups is 1. The van der Waals surface area contributed by atoms with Gasteiger partial charge in [-0.25, -0.2) is 0 Å². The summed E-state index contributed by atoms with van der Waals surface area (Å²) in [6.45, 7) is 8.22. The topological polar surface area (TPSA) is 55.1 Å². The van der Waals surface area contributed by atoms with E-state index >= 15 is 0 Å². The van der Waals surface area contributed by atoms with Gasteiger partial charge in [-0.2, -0.15) is 0 Å². The fraction of sp³-hybridized carbons (Fsp3) is 0.900. The van der Waals surface area contributed by atoms with E-state index in [1.807, 2.05) is 13.8 Å². The predicted molar refractivity (Wildman–Crippen MR) is 55.3 cm³/mol. The summed E-state index contributed by atoms with van der Waals surface area (Å²) in [7, 11) is 0. The van der Waals surface area contributed by atoms with Crippen molar-refractivity contribution < 1.29 is 4.79 Å². The van der Waals surface area contributed by atoms with Crippen molar-refractivity contribution >= 4 is 5.91 Å². The molecule has 0 aliphatic carbocycles. The Morgan fingerprint density at radius 3 is 2.23 bits per heavy atom. The van der Waals surface area contributed by atoms with E-state index in [2.05, 4.69) is 19.2 Å². The maximum Gasteiger partial charge on any atom is 0.234 e. The fourth-order valence-corrected chi connectivity index (χ4v) is 1.43. The fourth-order valence-electron chi connectivity index (χ4n) is 1.43. The molecular weight excluding hydrogens is 164 g/mol. The monoisotopic (exact) mass is 186 g/mol. The number of rotatable bonds is 6. The Bertz CT molecular complexity index is 157. The summed E-state index contributed by atoms with van der Waals surface area (Å²) in [5, 5.41) is 3.24. The van der Waals surface area contributed by atoms with Gasteiger partial charge in [0.05, 0.1) is 6.04 Å². The van der Waals surface area contributed by atoms with Gasteiger partial charge in [-0.3, -0.25) is 4.79 Å². The van der Waals surface area contributed by atoms with Crippen LogP contribution in [-0.4, -0.2) is 18.0 Å². The van der Waals surface area contributed by atoms with E-state index in [0.29, 0.717) is 6.04 Å². The van der Waals surface area contributed by atoms with Crippen molar-refractivity contribution in [3.63, 3.8) is 0 Å². The molecule has 3 N–H and O–H groups in total. The highest BCUT2D eigenvalue weighted by Gasteiger charge is 2.20. The number of carbonyl (C=O) groups excluding carboxylic acids is 1. The maximum atomic E-state index is 11.0.